The van der Waals surface area contributed by atoms with Crippen LogP contribution in [0.5, 0.6) is 0 Å². The summed E-state index contributed by atoms with van der Waals surface area (Å²) in [6, 6.07) is 2.35. The first-order valence-corrected chi connectivity index (χ1v) is 8.23. The number of hydrogen-bond acceptors (Lipinski definition) is 4. The lowest BCUT2D eigenvalue weighted by atomic mass is 9.93. The summed E-state index contributed by atoms with van der Waals surface area (Å²) >= 11 is 0. The van der Waals surface area contributed by atoms with Crippen molar-refractivity contribution in [2.45, 2.75) is 39.2 Å². The molecule has 0 aromatic carbocycles. The van der Waals surface area contributed by atoms with Crippen molar-refractivity contribution in [2.24, 2.45) is 0 Å². The molecule has 0 saturated carbocycles. The van der Waals surface area contributed by atoms with Gasteiger partial charge in [-0.2, -0.15) is 0 Å². The summed E-state index contributed by atoms with van der Waals surface area (Å²) in [4.78, 5) is 20.8. The van der Waals surface area contributed by atoms with Crippen LogP contribution >= 0.6 is 0 Å². The van der Waals surface area contributed by atoms with Crippen molar-refractivity contribution in [3.05, 3.63) is 23.4 Å². The molecule has 1 aromatic heterocycles. The molecule has 2 fully saturated rings. The normalized spacial score (nSPS) is 22.7. The largest absolute Gasteiger partial charge is 0.378 e. The first kappa shape index (κ1) is 15.3. The minimum Gasteiger partial charge on any atom is -0.378 e. The van der Waals surface area contributed by atoms with Crippen LogP contribution in [0.15, 0.2) is 12.3 Å². The summed E-state index contributed by atoms with van der Waals surface area (Å²) in [6.45, 7) is 8.00. The smallest absolute Gasteiger partial charge is 0.219 e. The average molecular weight is 303 g/mol. The molecule has 0 aliphatic carbocycles. The molecule has 1 atom stereocenters. The Labute approximate surface area is 132 Å². The zero-order valence-corrected chi connectivity index (χ0v) is 13.5. The van der Waals surface area contributed by atoms with E-state index in [1.54, 1.807) is 6.92 Å². The molecule has 1 aromatic rings. The topological polar surface area (TPSA) is 45.7 Å². The van der Waals surface area contributed by atoms with Crippen LogP contribution in [-0.4, -0.2) is 48.6 Å². The van der Waals surface area contributed by atoms with Crippen molar-refractivity contribution in [3.63, 3.8) is 0 Å². The van der Waals surface area contributed by atoms with E-state index < -0.39 is 0 Å². The molecule has 5 nitrogen and oxygen atoms in total. The predicted octanol–water partition coefficient (Wildman–Crippen LogP) is 2.30. The summed E-state index contributed by atoms with van der Waals surface area (Å²) in [6.07, 6.45) is 5.30. The second kappa shape index (κ2) is 6.65. The van der Waals surface area contributed by atoms with E-state index in [-0.39, 0.29) is 11.9 Å². The van der Waals surface area contributed by atoms with Gasteiger partial charge in [0.2, 0.25) is 5.91 Å². The van der Waals surface area contributed by atoms with Crippen LogP contribution in [-0.2, 0) is 9.53 Å². The van der Waals surface area contributed by atoms with Crippen molar-refractivity contribution >= 4 is 11.7 Å². The predicted molar refractivity (Wildman–Crippen MR) is 86.0 cm³/mol. The van der Waals surface area contributed by atoms with E-state index in [0.717, 1.165) is 51.5 Å². The van der Waals surface area contributed by atoms with Gasteiger partial charge in [-0.25, -0.2) is 4.98 Å². The van der Waals surface area contributed by atoms with E-state index >= 15 is 0 Å². The fraction of sp³-hybridized carbons (Fsp3) is 0.647. The number of carbonyl (C=O) groups is 1. The van der Waals surface area contributed by atoms with Crippen LogP contribution < -0.4 is 4.90 Å². The van der Waals surface area contributed by atoms with Gasteiger partial charge in [-0.15, -0.1) is 0 Å². The van der Waals surface area contributed by atoms with Crippen molar-refractivity contribution < 1.29 is 9.53 Å². The molecule has 120 valence electrons. The number of aromatic nitrogens is 1. The number of piperidine rings is 1. The summed E-state index contributed by atoms with van der Waals surface area (Å²) in [7, 11) is 0. The van der Waals surface area contributed by atoms with Crippen LogP contribution in [0.25, 0.3) is 0 Å². The molecule has 2 aliphatic heterocycles. The number of morpholine rings is 1. The molecule has 22 heavy (non-hydrogen) atoms. The Morgan fingerprint density at radius 2 is 2.05 bits per heavy atom. The quantitative estimate of drug-likeness (QED) is 0.841. The van der Waals surface area contributed by atoms with Crippen molar-refractivity contribution in [3.8, 4) is 0 Å². The highest BCUT2D eigenvalue weighted by molar-refractivity contribution is 5.74. The highest BCUT2D eigenvalue weighted by Gasteiger charge is 2.27. The van der Waals surface area contributed by atoms with Gasteiger partial charge in [0.25, 0.3) is 0 Å². The van der Waals surface area contributed by atoms with E-state index in [0.29, 0.717) is 0 Å². The molecule has 0 radical (unpaired) electrons. The van der Waals surface area contributed by atoms with Crippen LogP contribution in [0.4, 0.5) is 5.82 Å². The monoisotopic (exact) mass is 303 g/mol. The van der Waals surface area contributed by atoms with Gasteiger partial charge >= 0.3 is 0 Å². The number of ether oxygens (including phenoxy) is 1. The maximum atomic E-state index is 11.9. The zero-order valence-electron chi connectivity index (χ0n) is 13.5. The second-order valence-electron chi connectivity index (χ2n) is 6.22. The lowest BCUT2D eigenvalue weighted by molar-refractivity contribution is -0.132. The van der Waals surface area contributed by atoms with Crippen molar-refractivity contribution in [2.75, 3.05) is 37.7 Å². The lowest BCUT2D eigenvalue weighted by Crippen LogP contribution is -2.38. The molecule has 0 spiro atoms. The zero-order chi connectivity index (χ0) is 15.5. The molecule has 2 aliphatic rings. The van der Waals surface area contributed by atoms with Gasteiger partial charge in [-0.3, -0.25) is 4.79 Å². The Bertz CT molecular complexity index is 541. The van der Waals surface area contributed by atoms with E-state index in [4.69, 9.17) is 4.74 Å². The highest BCUT2D eigenvalue weighted by Crippen LogP contribution is 2.33. The van der Waals surface area contributed by atoms with E-state index in [1.807, 2.05) is 11.1 Å². The number of rotatable bonds is 2. The fourth-order valence-electron chi connectivity index (χ4n) is 3.50. The lowest BCUT2D eigenvalue weighted by Gasteiger charge is -2.36. The Morgan fingerprint density at radius 3 is 2.73 bits per heavy atom. The molecule has 0 bridgehead atoms. The number of hydrogen-bond donors (Lipinski definition) is 0. The van der Waals surface area contributed by atoms with Gasteiger partial charge in [0, 0.05) is 32.8 Å². The van der Waals surface area contributed by atoms with Crippen LogP contribution in [0.1, 0.15) is 43.4 Å². The Hall–Kier alpha value is -1.62. The summed E-state index contributed by atoms with van der Waals surface area (Å²) in [5, 5.41) is 0. The molecule has 0 N–H and O–H groups in total. The number of likely N-dealkylation sites (tertiary alicyclic amines) is 1. The SMILES string of the molecule is CC(=O)N1CCCCC1c1cnc(N2CCOCC2)cc1C. The number of nitrogens with zero attached hydrogens (tertiary/aromatic N) is 3. The molecule has 5 heteroatoms. The van der Waals surface area contributed by atoms with Crippen LogP contribution in [0.2, 0.25) is 0 Å². The van der Waals surface area contributed by atoms with Gasteiger partial charge < -0.3 is 14.5 Å². The molecular formula is C17H25N3O2. The molecule has 2 saturated heterocycles. The van der Waals surface area contributed by atoms with Gasteiger partial charge in [0.1, 0.15) is 5.82 Å². The highest BCUT2D eigenvalue weighted by atomic mass is 16.5. The number of aryl methyl sites for hydroxylation is 1. The molecule has 3 rings (SSSR count). The number of amides is 1. The third kappa shape index (κ3) is 3.09. The Balaban J connectivity index is 1.83. The summed E-state index contributed by atoms with van der Waals surface area (Å²) in [5.74, 6) is 1.19. The minimum absolute atomic E-state index is 0.168. The van der Waals surface area contributed by atoms with Crippen molar-refractivity contribution in [1.82, 2.24) is 9.88 Å². The van der Waals surface area contributed by atoms with Gasteiger partial charge in [-0.05, 0) is 43.4 Å². The molecule has 3 heterocycles. The minimum atomic E-state index is 0.168. The van der Waals surface area contributed by atoms with Gasteiger partial charge in [0.05, 0.1) is 19.3 Å². The molecule has 1 amide bonds. The van der Waals surface area contributed by atoms with Gasteiger partial charge in [0.15, 0.2) is 0 Å². The van der Waals surface area contributed by atoms with Crippen LogP contribution in [0, 0.1) is 6.92 Å². The Kier molecular flexibility index (Phi) is 4.62. The molecule has 1 unspecified atom stereocenters. The maximum absolute atomic E-state index is 11.9. The summed E-state index contributed by atoms with van der Waals surface area (Å²) in [5.41, 5.74) is 2.43. The third-order valence-electron chi connectivity index (χ3n) is 4.74. The number of carbonyl (C=O) groups excluding carboxylic acids is 1. The van der Waals surface area contributed by atoms with Crippen LogP contribution in [0.3, 0.4) is 0 Å². The maximum Gasteiger partial charge on any atom is 0.219 e. The van der Waals surface area contributed by atoms with Gasteiger partial charge in [-0.1, -0.05) is 0 Å². The van der Waals surface area contributed by atoms with E-state index in [9.17, 15) is 4.79 Å². The average Bonchev–Trinajstić information content (AvgIpc) is 2.55. The Morgan fingerprint density at radius 1 is 1.27 bits per heavy atom. The molecular weight excluding hydrogens is 278 g/mol. The number of pyridine rings is 1. The first-order valence-electron chi connectivity index (χ1n) is 8.23. The van der Waals surface area contributed by atoms with Crippen molar-refractivity contribution in [1.29, 1.82) is 0 Å². The standard InChI is InChI=1S/C17H25N3O2/c1-13-11-17(19-7-9-22-10-8-19)18-12-15(13)16-5-3-4-6-20(16)14(2)21/h11-12,16H,3-10H2,1-2H3. The first-order chi connectivity index (χ1) is 10.7. The fourth-order valence-corrected chi connectivity index (χ4v) is 3.50. The summed E-state index contributed by atoms with van der Waals surface area (Å²) < 4.78 is 5.40. The second-order valence-corrected chi connectivity index (χ2v) is 6.22. The van der Waals surface area contributed by atoms with E-state index in [2.05, 4.69) is 22.9 Å². The third-order valence-corrected chi connectivity index (χ3v) is 4.74. The van der Waals surface area contributed by atoms with E-state index in [1.165, 1.54) is 17.5 Å². The number of anilines is 1.